The van der Waals surface area contributed by atoms with Crippen LogP contribution in [0.5, 0.6) is 0 Å². The number of hydrogen-bond donors (Lipinski definition) is 1. The average Bonchev–Trinajstić information content (AvgIpc) is 2.41. The van der Waals surface area contributed by atoms with Crippen LogP contribution in [0.15, 0.2) is 0 Å². The summed E-state index contributed by atoms with van der Waals surface area (Å²) in [5.41, 5.74) is 6.92. The Balaban J connectivity index is 1.88. The van der Waals surface area contributed by atoms with Crippen LogP contribution in [0.3, 0.4) is 0 Å². The van der Waals surface area contributed by atoms with Gasteiger partial charge in [0.1, 0.15) is 0 Å². The van der Waals surface area contributed by atoms with Crippen LogP contribution in [-0.4, -0.2) is 20.0 Å². The van der Waals surface area contributed by atoms with Crippen LogP contribution in [0, 0.1) is 5.92 Å². The maximum absolute atomic E-state index is 6.80. The highest BCUT2D eigenvalue weighted by Gasteiger charge is 2.43. The topological polar surface area (TPSA) is 35.2 Å². The Morgan fingerprint density at radius 3 is 1.95 bits per heavy atom. The Morgan fingerprint density at radius 2 is 1.48 bits per heavy atom. The molecular weight excluding hydrogens is 274 g/mol. The molecule has 0 unspecified atom stereocenters. The van der Waals surface area contributed by atoms with Gasteiger partial charge in [0.2, 0.25) is 0 Å². The molecule has 124 valence electrons. The van der Waals surface area contributed by atoms with E-state index in [0.717, 1.165) is 5.92 Å². The van der Waals surface area contributed by atoms with Crippen molar-refractivity contribution in [3.63, 3.8) is 0 Å². The number of hydrogen-bond acceptors (Lipinski definition) is 2. The van der Waals surface area contributed by atoms with Crippen LogP contribution in [0.1, 0.15) is 78.6 Å². The Labute approximate surface area is 133 Å². The molecule has 2 aliphatic carbocycles. The molecule has 2 saturated carbocycles. The van der Waals surface area contributed by atoms with Crippen molar-refractivity contribution in [2.75, 3.05) is 0 Å². The van der Waals surface area contributed by atoms with E-state index in [9.17, 15) is 0 Å². The van der Waals surface area contributed by atoms with Crippen molar-refractivity contribution < 1.29 is 4.43 Å². The van der Waals surface area contributed by atoms with Crippen LogP contribution in [0.2, 0.25) is 18.1 Å². The molecule has 0 saturated heterocycles. The van der Waals surface area contributed by atoms with Crippen molar-refractivity contribution in [3.05, 3.63) is 0 Å². The first kappa shape index (κ1) is 17.5. The predicted octanol–water partition coefficient (Wildman–Crippen LogP) is 5.23. The van der Waals surface area contributed by atoms with E-state index in [4.69, 9.17) is 10.2 Å². The lowest BCUT2D eigenvalue weighted by Crippen LogP contribution is -2.53. The zero-order chi connectivity index (χ0) is 15.7. The highest BCUT2D eigenvalue weighted by Crippen LogP contribution is 2.43. The van der Waals surface area contributed by atoms with E-state index in [2.05, 4.69) is 33.9 Å². The highest BCUT2D eigenvalue weighted by atomic mass is 28.4. The van der Waals surface area contributed by atoms with Crippen molar-refractivity contribution in [2.24, 2.45) is 11.7 Å². The van der Waals surface area contributed by atoms with Crippen molar-refractivity contribution in [3.8, 4) is 0 Å². The molecule has 0 atom stereocenters. The summed E-state index contributed by atoms with van der Waals surface area (Å²) < 4.78 is 6.61. The van der Waals surface area contributed by atoms with Crippen molar-refractivity contribution >= 4 is 8.32 Å². The SMILES string of the molecule is CC(C)(C)[Si](C)(C)OC1CCC(N)(C2CCCCC2)CC1. The average molecular weight is 312 g/mol. The summed E-state index contributed by atoms with van der Waals surface area (Å²) >= 11 is 0. The molecule has 2 aliphatic rings. The molecule has 0 aromatic rings. The quantitative estimate of drug-likeness (QED) is 0.724. The van der Waals surface area contributed by atoms with Gasteiger partial charge < -0.3 is 10.2 Å². The molecule has 0 aromatic heterocycles. The molecule has 0 radical (unpaired) electrons. The number of rotatable bonds is 3. The molecule has 3 heteroatoms. The number of nitrogens with two attached hydrogens (primary N) is 1. The molecule has 2 nitrogen and oxygen atoms in total. The molecule has 0 amide bonds. The van der Waals surface area contributed by atoms with Gasteiger partial charge in [0.15, 0.2) is 8.32 Å². The fraction of sp³-hybridized carbons (Fsp3) is 1.00. The van der Waals surface area contributed by atoms with Gasteiger partial charge in [-0.25, -0.2) is 0 Å². The second-order valence-electron chi connectivity index (χ2n) is 9.15. The van der Waals surface area contributed by atoms with Crippen molar-refractivity contribution in [1.82, 2.24) is 0 Å². The minimum Gasteiger partial charge on any atom is -0.414 e. The van der Waals surface area contributed by atoms with Crippen molar-refractivity contribution in [2.45, 2.75) is 108 Å². The van der Waals surface area contributed by atoms with Crippen LogP contribution < -0.4 is 5.73 Å². The summed E-state index contributed by atoms with van der Waals surface area (Å²) in [4.78, 5) is 0. The van der Waals surface area contributed by atoms with Gasteiger partial charge in [-0.1, -0.05) is 40.0 Å². The molecule has 21 heavy (non-hydrogen) atoms. The first-order chi connectivity index (χ1) is 9.64. The summed E-state index contributed by atoms with van der Waals surface area (Å²) in [5.74, 6) is 0.778. The summed E-state index contributed by atoms with van der Waals surface area (Å²) in [5, 5.41) is 0.313. The first-order valence-electron chi connectivity index (χ1n) is 9.11. The Hall–Kier alpha value is 0.137. The third-order valence-electron chi connectivity index (χ3n) is 6.55. The van der Waals surface area contributed by atoms with Crippen LogP contribution in [-0.2, 0) is 4.43 Å². The minimum absolute atomic E-state index is 0.119. The second-order valence-corrected chi connectivity index (χ2v) is 13.9. The van der Waals surface area contributed by atoms with E-state index < -0.39 is 8.32 Å². The van der Waals surface area contributed by atoms with Crippen LogP contribution in [0.4, 0.5) is 0 Å². The molecule has 0 aliphatic heterocycles. The molecule has 2 N–H and O–H groups in total. The molecule has 2 fully saturated rings. The van der Waals surface area contributed by atoms with Crippen LogP contribution >= 0.6 is 0 Å². The van der Waals surface area contributed by atoms with E-state index in [1.165, 1.54) is 57.8 Å². The lowest BCUT2D eigenvalue weighted by atomic mass is 9.68. The maximum atomic E-state index is 6.80. The van der Waals surface area contributed by atoms with E-state index in [1.54, 1.807) is 0 Å². The summed E-state index contributed by atoms with van der Waals surface area (Å²) in [6.07, 6.45) is 12.1. The maximum Gasteiger partial charge on any atom is 0.192 e. The lowest BCUT2D eigenvalue weighted by molar-refractivity contribution is 0.0702. The molecule has 0 bridgehead atoms. The zero-order valence-electron chi connectivity index (χ0n) is 15.0. The highest BCUT2D eigenvalue weighted by molar-refractivity contribution is 6.74. The van der Waals surface area contributed by atoms with E-state index in [1.807, 2.05) is 0 Å². The minimum atomic E-state index is -1.62. The molecule has 0 aromatic carbocycles. The standard InChI is InChI=1S/C18H37NOSi/c1-17(2,3)21(4,5)20-16-11-13-18(19,14-12-16)15-9-7-6-8-10-15/h15-16H,6-14,19H2,1-5H3. The smallest absolute Gasteiger partial charge is 0.192 e. The Morgan fingerprint density at radius 1 is 0.952 bits per heavy atom. The molecule has 0 heterocycles. The van der Waals surface area contributed by atoms with Gasteiger partial charge in [-0.2, -0.15) is 0 Å². The summed E-state index contributed by atoms with van der Waals surface area (Å²) in [6.45, 7) is 11.7. The van der Waals surface area contributed by atoms with Gasteiger partial charge in [-0.3, -0.25) is 0 Å². The second kappa shape index (κ2) is 6.33. The fourth-order valence-electron chi connectivity index (χ4n) is 3.93. The van der Waals surface area contributed by atoms with E-state index in [0.29, 0.717) is 11.1 Å². The Kier molecular flexibility index (Phi) is 5.27. The lowest BCUT2D eigenvalue weighted by Gasteiger charge is -2.47. The van der Waals surface area contributed by atoms with Gasteiger partial charge in [0, 0.05) is 11.6 Å². The first-order valence-corrected chi connectivity index (χ1v) is 12.0. The van der Waals surface area contributed by atoms with Gasteiger partial charge in [0.25, 0.3) is 0 Å². The van der Waals surface area contributed by atoms with E-state index in [-0.39, 0.29) is 5.54 Å². The Bertz CT molecular complexity index is 334. The third kappa shape index (κ3) is 4.11. The van der Waals surface area contributed by atoms with Crippen molar-refractivity contribution in [1.29, 1.82) is 0 Å². The van der Waals surface area contributed by atoms with Gasteiger partial charge in [-0.15, -0.1) is 0 Å². The van der Waals surface area contributed by atoms with Gasteiger partial charge >= 0.3 is 0 Å². The normalized spacial score (nSPS) is 33.1. The molecule has 0 spiro atoms. The molecule has 2 rings (SSSR count). The van der Waals surface area contributed by atoms with Gasteiger partial charge in [0.05, 0.1) is 0 Å². The fourth-order valence-corrected chi connectivity index (χ4v) is 5.35. The monoisotopic (exact) mass is 311 g/mol. The van der Waals surface area contributed by atoms with E-state index >= 15 is 0 Å². The van der Waals surface area contributed by atoms with Crippen LogP contribution in [0.25, 0.3) is 0 Å². The molecular formula is C18H37NOSi. The summed E-state index contributed by atoms with van der Waals surface area (Å²) in [7, 11) is -1.62. The third-order valence-corrected chi connectivity index (χ3v) is 11.1. The zero-order valence-corrected chi connectivity index (χ0v) is 16.0. The largest absolute Gasteiger partial charge is 0.414 e. The summed E-state index contributed by atoms with van der Waals surface area (Å²) in [6, 6.07) is 0. The predicted molar refractivity (Wildman–Crippen MR) is 94.0 cm³/mol. The van der Waals surface area contributed by atoms with Gasteiger partial charge in [-0.05, 0) is 62.6 Å².